The molecule has 132 valence electrons. The molecule has 0 saturated carbocycles. The van der Waals surface area contributed by atoms with E-state index >= 15 is 0 Å². The van der Waals surface area contributed by atoms with Crippen molar-refractivity contribution in [3.05, 3.63) is 35.4 Å². The van der Waals surface area contributed by atoms with Gasteiger partial charge in [0.2, 0.25) is 0 Å². The highest BCUT2D eigenvalue weighted by Crippen LogP contribution is 2.33. The van der Waals surface area contributed by atoms with Crippen LogP contribution in [0.4, 0.5) is 13.2 Å². The Balaban J connectivity index is 0.00000264. The maximum atomic E-state index is 12.7. The molecule has 2 nitrogen and oxygen atoms in total. The molecule has 1 aromatic carbocycles. The number of piperazine rings is 1. The third-order valence-electron chi connectivity index (χ3n) is 4.54. The Labute approximate surface area is 142 Å². The van der Waals surface area contributed by atoms with Gasteiger partial charge >= 0.3 is 6.18 Å². The van der Waals surface area contributed by atoms with Crippen molar-refractivity contribution in [1.29, 1.82) is 0 Å². The predicted octanol–water partition coefficient (Wildman–Crippen LogP) is 4.65. The molecule has 1 aliphatic rings. The Kier molecular flexibility index (Phi) is 7.36. The molecule has 1 fully saturated rings. The van der Waals surface area contributed by atoms with Crippen molar-refractivity contribution in [3.8, 4) is 0 Å². The Bertz CT molecular complexity index is 476. The molecule has 0 aliphatic carbocycles. The number of halogens is 4. The predicted molar refractivity (Wildman–Crippen MR) is 90.0 cm³/mol. The van der Waals surface area contributed by atoms with Crippen molar-refractivity contribution in [2.75, 3.05) is 13.1 Å². The van der Waals surface area contributed by atoms with Gasteiger partial charge < -0.3 is 5.32 Å². The number of rotatable bonds is 4. The molecule has 23 heavy (non-hydrogen) atoms. The van der Waals surface area contributed by atoms with E-state index in [0.29, 0.717) is 12.1 Å². The van der Waals surface area contributed by atoms with Crippen LogP contribution in [-0.4, -0.2) is 30.1 Å². The van der Waals surface area contributed by atoms with Crippen molar-refractivity contribution in [3.63, 3.8) is 0 Å². The summed E-state index contributed by atoms with van der Waals surface area (Å²) in [4.78, 5) is 2.45. The molecule has 1 saturated heterocycles. The van der Waals surface area contributed by atoms with Crippen LogP contribution in [0.3, 0.4) is 0 Å². The SMILES string of the molecule is CCC(c1ccc(C(F)(F)F)cc1)N1C[C@H](C)NC[C@H]1CC.Cl. The first-order valence-electron chi connectivity index (χ1n) is 8.03. The maximum absolute atomic E-state index is 12.7. The van der Waals surface area contributed by atoms with Crippen LogP contribution in [0.15, 0.2) is 24.3 Å². The van der Waals surface area contributed by atoms with E-state index in [0.717, 1.165) is 31.5 Å². The molecule has 1 aromatic rings. The number of hydrogen-bond acceptors (Lipinski definition) is 2. The van der Waals surface area contributed by atoms with Crippen LogP contribution in [0.1, 0.15) is 50.8 Å². The second-order valence-electron chi connectivity index (χ2n) is 6.11. The smallest absolute Gasteiger partial charge is 0.311 e. The van der Waals surface area contributed by atoms with Gasteiger partial charge in [0.1, 0.15) is 0 Å². The van der Waals surface area contributed by atoms with Crippen molar-refractivity contribution in [2.45, 2.75) is 57.9 Å². The van der Waals surface area contributed by atoms with E-state index in [1.54, 1.807) is 12.1 Å². The molecule has 1 N–H and O–H groups in total. The van der Waals surface area contributed by atoms with Gasteiger partial charge in [-0.05, 0) is 37.5 Å². The van der Waals surface area contributed by atoms with Crippen molar-refractivity contribution in [2.24, 2.45) is 0 Å². The minimum atomic E-state index is -4.27. The summed E-state index contributed by atoms with van der Waals surface area (Å²) in [7, 11) is 0. The second kappa shape index (κ2) is 8.36. The normalized spacial score (nSPS) is 24.1. The minimum Gasteiger partial charge on any atom is -0.311 e. The Hall–Kier alpha value is -0.780. The molecule has 0 amide bonds. The van der Waals surface area contributed by atoms with Crippen LogP contribution >= 0.6 is 12.4 Å². The van der Waals surface area contributed by atoms with E-state index in [9.17, 15) is 13.2 Å². The monoisotopic (exact) mass is 350 g/mol. The van der Waals surface area contributed by atoms with Crippen LogP contribution in [0, 0.1) is 0 Å². The molecular formula is C17H26ClF3N2. The highest BCUT2D eigenvalue weighted by molar-refractivity contribution is 5.85. The number of hydrogen-bond donors (Lipinski definition) is 1. The largest absolute Gasteiger partial charge is 0.416 e. The van der Waals surface area contributed by atoms with Crippen molar-refractivity contribution < 1.29 is 13.2 Å². The average molecular weight is 351 g/mol. The van der Waals surface area contributed by atoms with E-state index in [-0.39, 0.29) is 18.4 Å². The summed E-state index contributed by atoms with van der Waals surface area (Å²) in [6, 6.07) is 6.69. The molecular weight excluding hydrogens is 325 g/mol. The molecule has 1 unspecified atom stereocenters. The topological polar surface area (TPSA) is 15.3 Å². The summed E-state index contributed by atoms with van der Waals surface area (Å²) < 4.78 is 38.1. The van der Waals surface area contributed by atoms with E-state index in [1.165, 1.54) is 12.1 Å². The molecule has 1 aliphatic heterocycles. The first-order valence-corrected chi connectivity index (χ1v) is 8.03. The van der Waals surface area contributed by atoms with Gasteiger partial charge in [0.05, 0.1) is 5.56 Å². The number of nitrogens with one attached hydrogen (secondary N) is 1. The first kappa shape index (κ1) is 20.3. The van der Waals surface area contributed by atoms with Crippen LogP contribution in [0.5, 0.6) is 0 Å². The maximum Gasteiger partial charge on any atom is 0.416 e. The minimum absolute atomic E-state index is 0. The van der Waals surface area contributed by atoms with Crippen molar-refractivity contribution in [1.82, 2.24) is 10.2 Å². The zero-order valence-electron chi connectivity index (χ0n) is 13.9. The van der Waals surface area contributed by atoms with Crippen LogP contribution in [0.2, 0.25) is 0 Å². The summed E-state index contributed by atoms with van der Waals surface area (Å²) in [5, 5.41) is 3.48. The molecule has 0 spiro atoms. The van der Waals surface area contributed by atoms with Gasteiger partial charge in [-0.2, -0.15) is 13.2 Å². The fourth-order valence-corrected chi connectivity index (χ4v) is 3.30. The van der Waals surface area contributed by atoms with Gasteiger partial charge in [-0.15, -0.1) is 12.4 Å². The summed E-state index contributed by atoms with van der Waals surface area (Å²) in [5.41, 5.74) is 0.398. The lowest BCUT2D eigenvalue weighted by atomic mass is 9.96. The molecule has 1 heterocycles. The summed E-state index contributed by atoms with van der Waals surface area (Å²) in [6.07, 6.45) is -2.33. The zero-order chi connectivity index (χ0) is 16.3. The molecule has 3 atom stereocenters. The van der Waals surface area contributed by atoms with Gasteiger partial charge in [-0.25, -0.2) is 0 Å². The molecule has 0 bridgehead atoms. The summed E-state index contributed by atoms with van der Waals surface area (Å²) in [6.45, 7) is 8.28. The van der Waals surface area contributed by atoms with Gasteiger partial charge in [-0.3, -0.25) is 4.90 Å². The van der Waals surface area contributed by atoms with E-state index in [1.807, 2.05) is 0 Å². The lowest BCUT2D eigenvalue weighted by Crippen LogP contribution is -2.56. The highest BCUT2D eigenvalue weighted by atomic mass is 35.5. The van der Waals surface area contributed by atoms with Crippen LogP contribution < -0.4 is 5.32 Å². The Morgan fingerprint density at radius 1 is 1.22 bits per heavy atom. The molecule has 2 rings (SSSR count). The Morgan fingerprint density at radius 2 is 1.83 bits per heavy atom. The standard InChI is InChI=1S/C17H25F3N2.ClH/c1-4-15-10-21-12(3)11-22(15)16(5-2)13-6-8-14(9-7-13)17(18,19)20;/h6-9,12,15-16,21H,4-5,10-11H2,1-3H3;1H/t12-,15+,16?;/m0./s1. The zero-order valence-corrected chi connectivity index (χ0v) is 14.7. The van der Waals surface area contributed by atoms with Crippen LogP contribution in [-0.2, 0) is 6.18 Å². The van der Waals surface area contributed by atoms with E-state index in [4.69, 9.17) is 0 Å². The fourth-order valence-electron chi connectivity index (χ4n) is 3.30. The summed E-state index contributed by atoms with van der Waals surface area (Å²) >= 11 is 0. The summed E-state index contributed by atoms with van der Waals surface area (Å²) in [5.74, 6) is 0. The molecule has 0 radical (unpaired) electrons. The van der Waals surface area contributed by atoms with Gasteiger partial charge in [-0.1, -0.05) is 26.0 Å². The third-order valence-corrected chi connectivity index (χ3v) is 4.54. The number of alkyl halides is 3. The highest BCUT2D eigenvalue weighted by Gasteiger charge is 2.32. The van der Waals surface area contributed by atoms with Gasteiger partial charge in [0.25, 0.3) is 0 Å². The lowest BCUT2D eigenvalue weighted by Gasteiger charge is -2.44. The van der Waals surface area contributed by atoms with Gasteiger partial charge in [0, 0.05) is 31.2 Å². The van der Waals surface area contributed by atoms with Crippen molar-refractivity contribution >= 4 is 12.4 Å². The van der Waals surface area contributed by atoms with Crippen LogP contribution in [0.25, 0.3) is 0 Å². The third kappa shape index (κ3) is 4.85. The second-order valence-corrected chi connectivity index (χ2v) is 6.11. The van der Waals surface area contributed by atoms with E-state index < -0.39 is 11.7 Å². The average Bonchev–Trinajstić information content (AvgIpc) is 2.48. The first-order chi connectivity index (χ1) is 10.4. The molecule has 6 heteroatoms. The number of benzene rings is 1. The molecule has 0 aromatic heterocycles. The number of nitrogens with zero attached hydrogens (tertiary/aromatic N) is 1. The lowest BCUT2D eigenvalue weighted by molar-refractivity contribution is -0.137. The van der Waals surface area contributed by atoms with E-state index in [2.05, 4.69) is 31.0 Å². The van der Waals surface area contributed by atoms with Gasteiger partial charge in [0.15, 0.2) is 0 Å². The quantitative estimate of drug-likeness (QED) is 0.850. The Morgan fingerprint density at radius 3 is 2.30 bits per heavy atom. The fraction of sp³-hybridized carbons (Fsp3) is 0.647.